The summed E-state index contributed by atoms with van der Waals surface area (Å²) < 4.78 is 41.6. The van der Waals surface area contributed by atoms with Crippen molar-refractivity contribution in [2.24, 2.45) is 0 Å². The first-order valence-electron chi connectivity index (χ1n) is 2.33. The van der Waals surface area contributed by atoms with E-state index in [-0.39, 0.29) is 6.73 Å². The van der Waals surface area contributed by atoms with Gasteiger partial charge in [0.15, 0.2) is 6.73 Å². The van der Waals surface area contributed by atoms with E-state index in [0.717, 1.165) is 6.20 Å². The second-order valence-corrected chi connectivity index (χ2v) is 1.45. The third kappa shape index (κ3) is 2.04. The maximum absolute atomic E-state index is 11.3. The Morgan fingerprint density at radius 1 is 1.60 bits per heavy atom. The summed E-state index contributed by atoms with van der Waals surface area (Å²) in [6.45, 7) is -0.106. The molecule has 0 aliphatic carbocycles. The van der Waals surface area contributed by atoms with Gasteiger partial charge in [0.05, 0.1) is 0 Å². The highest BCUT2D eigenvalue weighted by atomic mass is 19.4. The summed E-state index contributed by atoms with van der Waals surface area (Å²) in [6, 6.07) is 0. The monoisotopic (exact) mass is 154 g/mol. The fourth-order valence-corrected chi connectivity index (χ4v) is 0.420. The Hall–Kier alpha value is -1.07. The predicted octanol–water partition coefficient (Wildman–Crippen LogP) is 0.914. The van der Waals surface area contributed by atoms with Crippen LogP contribution in [0.4, 0.5) is 13.2 Å². The first kappa shape index (κ1) is 7.04. The van der Waals surface area contributed by atoms with Gasteiger partial charge in [-0.25, -0.2) is 5.32 Å². The maximum atomic E-state index is 11.3. The number of hydrogen-bond donors (Lipinski definition) is 0. The van der Waals surface area contributed by atoms with Crippen molar-refractivity contribution < 1.29 is 22.6 Å². The van der Waals surface area contributed by atoms with E-state index in [1.54, 1.807) is 0 Å². The van der Waals surface area contributed by atoms with Gasteiger partial charge < -0.3 is 9.47 Å². The van der Waals surface area contributed by atoms with Gasteiger partial charge in [-0.05, 0) is 0 Å². The van der Waals surface area contributed by atoms with Gasteiger partial charge in [-0.15, -0.1) is 13.2 Å². The van der Waals surface area contributed by atoms with Crippen LogP contribution < -0.4 is 5.32 Å². The van der Waals surface area contributed by atoms with Crippen LogP contribution in [0.2, 0.25) is 0 Å². The van der Waals surface area contributed by atoms with Crippen molar-refractivity contribution in [1.29, 1.82) is 0 Å². The number of rotatable bonds is 1. The molecule has 1 rings (SSSR count). The lowest BCUT2D eigenvalue weighted by Crippen LogP contribution is -2.12. The molecule has 3 nitrogen and oxygen atoms in total. The van der Waals surface area contributed by atoms with E-state index in [1.807, 2.05) is 0 Å². The van der Waals surface area contributed by atoms with Crippen LogP contribution in [0.3, 0.4) is 0 Å². The van der Waals surface area contributed by atoms with E-state index in [0.29, 0.717) is 0 Å². The molecule has 0 aromatic heterocycles. The molecule has 57 valence electrons. The Morgan fingerprint density at radius 3 is 2.70 bits per heavy atom. The highest BCUT2D eigenvalue weighted by molar-refractivity contribution is 4.85. The Bertz CT molecular complexity index is 153. The zero-order valence-electron chi connectivity index (χ0n) is 4.68. The summed E-state index contributed by atoms with van der Waals surface area (Å²) in [4.78, 5) is 0. The molecule has 10 heavy (non-hydrogen) atoms. The molecule has 1 aliphatic heterocycles. The molecule has 1 aliphatic rings. The summed E-state index contributed by atoms with van der Waals surface area (Å²) in [5, 5.41) is 3.34. The molecule has 0 spiro atoms. The van der Waals surface area contributed by atoms with Crippen LogP contribution in [0, 0.1) is 0 Å². The largest absolute Gasteiger partial charge is 0.575 e. The van der Waals surface area contributed by atoms with Gasteiger partial charge in [-0.1, -0.05) is 0 Å². The lowest BCUT2D eigenvalue weighted by atomic mass is 10.9. The van der Waals surface area contributed by atoms with Gasteiger partial charge in [-0.2, -0.15) is 0 Å². The average Bonchev–Trinajstić information content (AvgIpc) is 2.12. The number of ether oxygens (including phenoxy) is 2. The highest BCUT2D eigenvalue weighted by Crippen LogP contribution is 2.21. The molecule has 0 amide bonds. The van der Waals surface area contributed by atoms with E-state index >= 15 is 0 Å². The lowest BCUT2D eigenvalue weighted by molar-refractivity contribution is -0.320. The average molecular weight is 154 g/mol. The summed E-state index contributed by atoms with van der Waals surface area (Å²) >= 11 is 0. The minimum atomic E-state index is -4.69. The molecular formula is C4H3F3NO2. The summed E-state index contributed by atoms with van der Waals surface area (Å²) in [5.41, 5.74) is 0. The molecular weight excluding hydrogens is 151 g/mol. The van der Waals surface area contributed by atoms with Crippen LogP contribution >= 0.6 is 0 Å². The van der Waals surface area contributed by atoms with Crippen molar-refractivity contribution in [3.63, 3.8) is 0 Å². The van der Waals surface area contributed by atoms with Crippen LogP contribution in [-0.2, 0) is 9.47 Å². The smallest absolute Gasteiger partial charge is 0.441 e. The van der Waals surface area contributed by atoms with E-state index in [9.17, 15) is 13.2 Å². The summed E-state index contributed by atoms with van der Waals surface area (Å²) in [6.07, 6.45) is -3.81. The van der Waals surface area contributed by atoms with Crippen LogP contribution in [0.15, 0.2) is 12.1 Å². The van der Waals surface area contributed by atoms with E-state index in [2.05, 4.69) is 14.8 Å². The zero-order valence-corrected chi connectivity index (χ0v) is 4.68. The van der Waals surface area contributed by atoms with Crippen molar-refractivity contribution in [3.05, 3.63) is 12.1 Å². The van der Waals surface area contributed by atoms with E-state index < -0.39 is 12.3 Å². The third-order valence-corrected chi connectivity index (χ3v) is 0.694. The molecule has 0 aromatic rings. The topological polar surface area (TPSA) is 32.6 Å². The van der Waals surface area contributed by atoms with Crippen LogP contribution in [-0.4, -0.2) is 13.1 Å². The molecule has 1 radical (unpaired) electrons. The Labute approximate surface area is 54.4 Å². The first-order chi connectivity index (χ1) is 4.58. The minimum Gasteiger partial charge on any atom is -0.441 e. The van der Waals surface area contributed by atoms with Gasteiger partial charge in [0.25, 0.3) is 0 Å². The van der Waals surface area contributed by atoms with Crippen LogP contribution in [0.1, 0.15) is 0 Å². The molecule has 0 saturated carbocycles. The van der Waals surface area contributed by atoms with Gasteiger partial charge >= 0.3 is 12.3 Å². The molecule has 0 saturated heterocycles. The van der Waals surface area contributed by atoms with E-state index in [4.69, 9.17) is 0 Å². The third-order valence-electron chi connectivity index (χ3n) is 0.694. The maximum Gasteiger partial charge on any atom is 0.575 e. The van der Waals surface area contributed by atoms with Crippen molar-refractivity contribution >= 4 is 0 Å². The molecule has 0 bridgehead atoms. The second kappa shape index (κ2) is 2.28. The Balaban J connectivity index is 2.38. The van der Waals surface area contributed by atoms with E-state index in [1.165, 1.54) is 0 Å². The highest BCUT2D eigenvalue weighted by Gasteiger charge is 2.33. The molecule has 0 unspecified atom stereocenters. The summed E-state index contributed by atoms with van der Waals surface area (Å²) in [5.74, 6) is -0.604. The SMILES string of the molecule is FC(F)(F)OC1=C[N]CO1. The number of alkyl halides is 3. The van der Waals surface area contributed by atoms with Crippen molar-refractivity contribution in [2.75, 3.05) is 6.73 Å². The normalized spacial score (nSPS) is 17.3. The van der Waals surface area contributed by atoms with Crippen LogP contribution in [0.5, 0.6) is 0 Å². The molecule has 6 heteroatoms. The van der Waals surface area contributed by atoms with Gasteiger partial charge in [0.1, 0.15) is 6.20 Å². The van der Waals surface area contributed by atoms with Gasteiger partial charge in [0.2, 0.25) is 0 Å². The Morgan fingerprint density at radius 2 is 2.30 bits per heavy atom. The standard InChI is InChI=1S/C4H3F3NO2/c5-4(6,7)10-3-1-8-2-9-3/h1H,2H2. The second-order valence-electron chi connectivity index (χ2n) is 1.45. The molecule has 0 fully saturated rings. The molecule has 0 aromatic carbocycles. The number of nitrogens with zero attached hydrogens (tertiary/aromatic N) is 1. The Kier molecular flexibility index (Phi) is 1.60. The van der Waals surface area contributed by atoms with Crippen molar-refractivity contribution in [2.45, 2.75) is 6.36 Å². The molecule has 0 atom stereocenters. The zero-order chi connectivity index (χ0) is 7.61. The predicted molar refractivity (Wildman–Crippen MR) is 23.3 cm³/mol. The fraction of sp³-hybridized carbons (Fsp3) is 0.500. The first-order valence-corrected chi connectivity index (χ1v) is 2.33. The summed E-state index contributed by atoms with van der Waals surface area (Å²) in [7, 11) is 0. The molecule has 0 N–H and O–H groups in total. The quantitative estimate of drug-likeness (QED) is 0.562. The van der Waals surface area contributed by atoms with Gasteiger partial charge in [0, 0.05) is 0 Å². The van der Waals surface area contributed by atoms with Crippen molar-refractivity contribution in [3.8, 4) is 0 Å². The molecule has 1 heterocycles. The number of hydrogen-bond acceptors (Lipinski definition) is 2. The van der Waals surface area contributed by atoms with Gasteiger partial charge in [-0.3, -0.25) is 0 Å². The van der Waals surface area contributed by atoms with Crippen LogP contribution in [0.25, 0.3) is 0 Å². The fourth-order valence-electron chi connectivity index (χ4n) is 0.420. The van der Waals surface area contributed by atoms with Crippen molar-refractivity contribution in [1.82, 2.24) is 5.32 Å². The lowest BCUT2D eigenvalue weighted by Gasteiger charge is -2.06. The minimum absolute atomic E-state index is 0.106. The number of halogens is 3.